The number of hydrogen-bond donors (Lipinski definition) is 1. The number of fused-ring (bicyclic) bond motifs is 1. The SMILES string of the molecule is COc1ncc(Cl)cc1S(=O)(=O)Nc1ccc(F)c(-c2ccn3c(-c4nccn4COCC[Si](C)(C)C)ncc3c2F)c1F. The Labute approximate surface area is 257 Å². The number of benzene rings is 1. The van der Waals surface area contributed by atoms with Crippen molar-refractivity contribution >= 4 is 40.9 Å². The molecule has 0 saturated carbocycles. The number of halogens is 4. The van der Waals surface area contributed by atoms with Crippen molar-refractivity contribution < 1.29 is 31.1 Å². The molecule has 10 nitrogen and oxygen atoms in total. The number of ether oxygens (including phenoxy) is 2. The molecule has 5 aromatic rings. The molecular formula is C28H28ClF3N6O4SSi. The van der Waals surface area contributed by atoms with E-state index in [0.29, 0.717) is 12.4 Å². The third-order valence-electron chi connectivity index (χ3n) is 6.66. The van der Waals surface area contributed by atoms with E-state index in [1.54, 1.807) is 17.0 Å². The molecule has 1 aromatic carbocycles. The number of anilines is 1. The van der Waals surface area contributed by atoms with E-state index in [0.717, 1.165) is 24.2 Å². The van der Waals surface area contributed by atoms with Crippen molar-refractivity contribution in [1.82, 2.24) is 23.9 Å². The van der Waals surface area contributed by atoms with Gasteiger partial charge in [0.25, 0.3) is 10.0 Å². The zero-order valence-corrected chi connectivity index (χ0v) is 26.7. The van der Waals surface area contributed by atoms with E-state index < -0.39 is 57.3 Å². The minimum Gasteiger partial charge on any atom is -0.480 e. The highest BCUT2D eigenvalue weighted by molar-refractivity contribution is 7.92. The molecule has 0 spiro atoms. The van der Waals surface area contributed by atoms with Crippen molar-refractivity contribution in [2.45, 2.75) is 37.3 Å². The average Bonchev–Trinajstić information content (AvgIpc) is 3.60. The summed E-state index contributed by atoms with van der Waals surface area (Å²) in [6.45, 7) is 7.55. The highest BCUT2D eigenvalue weighted by Crippen LogP contribution is 2.36. The first-order valence-electron chi connectivity index (χ1n) is 13.3. The molecule has 5 rings (SSSR count). The van der Waals surface area contributed by atoms with Crippen molar-refractivity contribution in [3.8, 4) is 28.7 Å². The largest absolute Gasteiger partial charge is 0.480 e. The lowest BCUT2D eigenvalue weighted by Crippen LogP contribution is -2.22. The van der Waals surface area contributed by atoms with Crippen molar-refractivity contribution in [2.24, 2.45) is 0 Å². The van der Waals surface area contributed by atoms with Gasteiger partial charge in [0.1, 0.15) is 18.1 Å². The summed E-state index contributed by atoms with van der Waals surface area (Å²) in [5.74, 6) is -3.02. The van der Waals surface area contributed by atoms with E-state index in [1.807, 2.05) is 4.72 Å². The predicted octanol–water partition coefficient (Wildman–Crippen LogP) is 6.45. The first-order chi connectivity index (χ1) is 20.8. The Bertz CT molecular complexity index is 1960. The zero-order chi connectivity index (χ0) is 31.8. The van der Waals surface area contributed by atoms with Gasteiger partial charge in [-0.05, 0) is 30.3 Å². The highest BCUT2D eigenvalue weighted by atomic mass is 35.5. The van der Waals surface area contributed by atoms with Gasteiger partial charge in [-0.25, -0.2) is 36.5 Å². The molecule has 0 unspecified atom stereocenters. The molecule has 232 valence electrons. The van der Waals surface area contributed by atoms with Gasteiger partial charge in [-0.2, -0.15) is 0 Å². The fourth-order valence-corrected chi connectivity index (χ4v) is 6.57. The Balaban J connectivity index is 1.48. The minimum atomic E-state index is -4.51. The molecule has 44 heavy (non-hydrogen) atoms. The third kappa shape index (κ3) is 6.31. The van der Waals surface area contributed by atoms with Crippen LogP contribution in [-0.2, 0) is 21.5 Å². The van der Waals surface area contributed by atoms with Crippen molar-refractivity contribution in [3.05, 3.63) is 77.7 Å². The Morgan fingerprint density at radius 3 is 2.50 bits per heavy atom. The number of nitrogens with one attached hydrogen (secondary N) is 1. The molecule has 0 aliphatic heterocycles. The average molecular weight is 665 g/mol. The zero-order valence-electron chi connectivity index (χ0n) is 24.1. The monoisotopic (exact) mass is 664 g/mol. The fraction of sp³-hybridized carbons (Fsp3) is 0.250. The van der Waals surface area contributed by atoms with Gasteiger partial charge in [0.2, 0.25) is 5.88 Å². The summed E-state index contributed by atoms with van der Waals surface area (Å²) in [6, 6.07) is 4.94. The molecule has 0 aliphatic carbocycles. The van der Waals surface area contributed by atoms with Crippen LogP contribution in [0.15, 0.2) is 60.1 Å². The molecular weight excluding hydrogens is 637 g/mol. The van der Waals surface area contributed by atoms with Crippen LogP contribution in [0.4, 0.5) is 18.9 Å². The summed E-state index contributed by atoms with van der Waals surface area (Å²) in [5, 5.41) is -0.0148. The van der Waals surface area contributed by atoms with Crippen LogP contribution in [0.3, 0.4) is 0 Å². The standard InChI is InChI=1S/C28H28ClF3N6O4SSi/c1-41-28-22(13-17(29)14-35-28)43(39,40)36-20-6-5-19(30)23(25(20)32)18-7-9-38-21(24(18)31)15-34-27(38)26-33-8-10-37(26)16-42-11-12-44(2,3)4/h5-10,13-15,36H,11-12,16H2,1-4H3. The summed E-state index contributed by atoms with van der Waals surface area (Å²) < 4.78 is 88.8. The Kier molecular flexibility index (Phi) is 8.75. The molecule has 0 atom stereocenters. The number of hydrogen-bond acceptors (Lipinski definition) is 7. The Hall–Kier alpha value is -3.92. The number of methoxy groups -OCH3 is 1. The summed E-state index contributed by atoms with van der Waals surface area (Å²) in [5.41, 5.74) is -1.93. The van der Waals surface area contributed by atoms with E-state index in [1.165, 1.54) is 36.2 Å². The lowest BCUT2D eigenvalue weighted by Gasteiger charge is -2.16. The normalized spacial score (nSPS) is 12.2. The van der Waals surface area contributed by atoms with Gasteiger partial charge in [0, 0.05) is 45.0 Å². The second-order valence-corrected chi connectivity index (χ2v) is 18.7. The maximum atomic E-state index is 15.9. The van der Waals surface area contributed by atoms with Crippen molar-refractivity contribution in [2.75, 3.05) is 18.4 Å². The first-order valence-corrected chi connectivity index (χ1v) is 18.8. The molecule has 0 radical (unpaired) electrons. The first kappa shape index (κ1) is 31.5. The molecule has 4 aromatic heterocycles. The summed E-state index contributed by atoms with van der Waals surface area (Å²) >= 11 is 5.90. The Morgan fingerprint density at radius 2 is 1.77 bits per heavy atom. The topological polar surface area (TPSA) is 113 Å². The molecule has 0 amide bonds. The van der Waals surface area contributed by atoms with Gasteiger partial charge >= 0.3 is 0 Å². The van der Waals surface area contributed by atoms with Gasteiger partial charge in [-0.1, -0.05) is 31.2 Å². The molecule has 4 heterocycles. The van der Waals surface area contributed by atoms with E-state index in [9.17, 15) is 8.42 Å². The Morgan fingerprint density at radius 1 is 1.00 bits per heavy atom. The van der Waals surface area contributed by atoms with Gasteiger partial charge in [-0.15, -0.1) is 0 Å². The number of rotatable bonds is 11. The molecule has 0 aliphatic rings. The molecule has 0 bridgehead atoms. The lowest BCUT2D eigenvalue weighted by molar-refractivity contribution is 0.0882. The number of imidazole rings is 2. The number of aromatic nitrogens is 5. The second-order valence-electron chi connectivity index (χ2n) is 11.0. The summed E-state index contributed by atoms with van der Waals surface area (Å²) in [4.78, 5) is 12.0. The molecule has 0 fully saturated rings. The lowest BCUT2D eigenvalue weighted by atomic mass is 10.0. The fourth-order valence-electron chi connectivity index (χ4n) is 4.39. The van der Waals surface area contributed by atoms with Crippen molar-refractivity contribution in [1.29, 1.82) is 0 Å². The second kappa shape index (κ2) is 12.2. The van der Waals surface area contributed by atoms with E-state index in [2.05, 4.69) is 34.6 Å². The van der Waals surface area contributed by atoms with Gasteiger partial charge < -0.3 is 14.0 Å². The van der Waals surface area contributed by atoms with Crippen LogP contribution in [0.2, 0.25) is 30.7 Å². The predicted molar refractivity (Wildman–Crippen MR) is 162 cm³/mol. The maximum absolute atomic E-state index is 15.9. The maximum Gasteiger partial charge on any atom is 0.267 e. The van der Waals surface area contributed by atoms with Crippen molar-refractivity contribution in [3.63, 3.8) is 0 Å². The smallest absolute Gasteiger partial charge is 0.267 e. The van der Waals surface area contributed by atoms with Gasteiger partial charge in [-0.3, -0.25) is 9.12 Å². The van der Waals surface area contributed by atoms with E-state index in [-0.39, 0.29) is 29.0 Å². The van der Waals surface area contributed by atoms with Crippen LogP contribution in [0.25, 0.3) is 28.3 Å². The minimum absolute atomic E-state index is 0.0148. The number of pyridine rings is 2. The van der Waals surface area contributed by atoms with Crippen LogP contribution in [0.1, 0.15) is 0 Å². The van der Waals surface area contributed by atoms with Crippen LogP contribution in [0.5, 0.6) is 5.88 Å². The van der Waals surface area contributed by atoms with Crippen LogP contribution in [-0.4, -0.2) is 54.1 Å². The molecule has 0 saturated heterocycles. The van der Waals surface area contributed by atoms with E-state index >= 15 is 13.2 Å². The van der Waals surface area contributed by atoms with Gasteiger partial charge in [0.05, 0.1) is 29.6 Å². The van der Waals surface area contributed by atoms with Crippen LogP contribution in [0, 0.1) is 17.5 Å². The molecule has 1 N–H and O–H groups in total. The van der Waals surface area contributed by atoms with E-state index in [4.69, 9.17) is 21.1 Å². The third-order valence-corrected chi connectivity index (χ3v) is 9.93. The van der Waals surface area contributed by atoms with Gasteiger partial charge in [0.15, 0.2) is 28.2 Å². The molecule has 16 heteroatoms. The summed E-state index contributed by atoms with van der Waals surface area (Å²) in [6.07, 6.45) is 7.07. The number of sulfonamides is 1. The quantitative estimate of drug-likeness (QED) is 0.128. The van der Waals surface area contributed by atoms with Crippen LogP contribution < -0.4 is 9.46 Å². The number of nitrogens with zero attached hydrogens (tertiary/aromatic N) is 5. The summed E-state index contributed by atoms with van der Waals surface area (Å²) in [7, 11) is -4.59. The van der Waals surface area contributed by atoms with Crippen LogP contribution >= 0.6 is 11.6 Å². The highest BCUT2D eigenvalue weighted by Gasteiger charge is 2.27.